The molecule has 22 heavy (non-hydrogen) atoms. The van der Waals surface area contributed by atoms with Crippen molar-refractivity contribution in [3.8, 4) is 0 Å². The van der Waals surface area contributed by atoms with Gasteiger partial charge in [-0.25, -0.2) is 0 Å². The van der Waals surface area contributed by atoms with Gasteiger partial charge in [-0.1, -0.05) is 24.1 Å². The van der Waals surface area contributed by atoms with E-state index in [2.05, 4.69) is 17.9 Å². The SMILES string of the molecule is CCN1CCO[C@H]2CCN(C(=O)c3cc(C)cc(C)c3)C[C@@H]21. The summed E-state index contributed by atoms with van der Waals surface area (Å²) in [5.41, 5.74) is 3.11. The van der Waals surface area contributed by atoms with E-state index >= 15 is 0 Å². The Morgan fingerprint density at radius 3 is 2.64 bits per heavy atom. The second-order valence-corrected chi connectivity index (χ2v) is 6.52. The number of aryl methyl sites for hydroxylation is 2. The van der Waals surface area contributed by atoms with E-state index in [4.69, 9.17) is 4.74 Å². The van der Waals surface area contributed by atoms with Crippen LogP contribution < -0.4 is 0 Å². The number of fused-ring (bicyclic) bond motifs is 1. The lowest BCUT2D eigenvalue weighted by Crippen LogP contribution is -2.60. The van der Waals surface area contributed by atoms with Crippen molar-refractivity contribution < 1.29 is 9.53 Å². The van der Waals surface area contributed by atoms with E-state index in [0.717, 1.165) is 55.9 Å². The Morgan fingerprint density at radius 2 is 1.95 bits per heavy atom. The van der Waals surface area contributed by atoms with Crippen LogP contribution in [0.5, 0.6) is 0 Å². The number of likely N-dealkylation sites (tertiary alicyclic amines) is 1. The maximum absolute atomic E-state index is 12.8. The van der Waals surface area contributed by atoms with E-state index in [1.165, 1.54) is 0 Å². The molecule has 4 nitrogen and oxygen atoms in total. The molecule has 0 N–H and O–H groups in total. The fourth-order valence-corrected chi connectivity index (χ4v) is 3.80. The summed E-state index contributed by atoms with van der Waals surface area (Å²) < 4.78 is 5.91. The lowest BCUT2D eigenvalue weighted by molar-refractivity contribution is -0.0961. The molecule has 0 unspecified atom stereocenters. The maximum atomic E-state index is 12.8. The minimum Gasteiger partial charge on any atom is -0.375 e. The minimum absolute atomic E-state index is 0.159. The zero-order valence-electron chi connectivity index (χ0n) is 13.8. The highest BCUT2D eigenvalue weighted by Gasteiger charge is 2.37. The molecule has 0 bridgehead atoms. The zero-order valence-corrected chi connectivity index (χ0v) is 13.8. The Balaban J connectivity index is 1.76. The number of carbonyl (C=O) groups excluding carboxylic acids is 1. The maximum Gasteiger partial charge on any atom is 0.253 e. The Kier molecular flexibility index (Phi) is 4.50. The molecule has 0 aliphatic carbocycles. The number of likely N-dealkylation sites (N-methyl/N-ethyl adjacent to an activating group) is 1. The van der Waals surface area contributed by atoms with E-state index < -0.39 is 0 Å². The molecule has 2 atom stereocenters. The number of benzene rings is 1. The first-order valence-corrected chi connectivity index (χ1v) is 8.31. The van der Waals surface area contributed by atoms with E-state index in [0.29, 0.717) is 6.04 Å². The van der Waals surface area contributed by atoms with Gasteiger partial charge in [-0.05, 0) is 38.9 Å². The van der Waals surface area contributed by atoms with Crippen molar-refractivity contribution in [1.29, 1.82) is 0 Å². The van der Waals surface area contributed by atoms with Crippen LogP contribution in [-0.4, -0.2) is 60.6 Å². The largest absolute Gasteiger partial charge is 0.375 e. The third-order valence-corrected chi connectivity index (χ3v) is 4.86. The molecule has 3 rings (SSSR count). The summed E-state index contributed by atoms with van der Waals surface area (Å²) in [6.45, 7) is 10.7. The van der Waals surface area contributed by atoms with E-state index in [-0.39, 0.29) is 12.0 Å². The highest BCUT2D eigenvalue weighted by atomic mass is 16.5. The van der Waals surface area contributed by atoms with Crippen LogP contribution in [0.25, 0.3) is 0 Å². The summed E-state index contributed by atoms with van der Waals surface area (Å²) in [5.74, 6) is 0.159. The molecule has 2 saturated heterocycles. The van der Waals surface area contributed by atoms with Crippen molar-refractivity contribution in [2.45, 2.75) is 39.3 Å². The molecule has 0 spiro atoms. The molecule has 2 heterocycles. The van der Waals surface area contributed by atoms with Gasteiger partial charge in [0.1, 0.15) is 0 Å². The van der Waals surface area contributed by atoms with E-state index in [9.17, 15) is 4.79 Å². The van der Waals surface area contributed by atoms with Crippen LogP contribution in [0.2, 0.25) is 0 Å². The Labute approximate surface area is 133 Å². The number of hydrogen-bond acceptors (Lipinski definition) is 3. The monoisotopic (exact) mass is 302 g/mol. The van der Waals surface area contributed by atoms with Crippen LogP contribution in [-0.2, 0) is 4.74 Å². The zero-order chi connectivity index (χ0) is 15.7. The summed E-state index contributed by atoms with van der Waals surface area (Å²) in [6.07, 6.45) is 1.23. The normalized spacial score (nSPS) is 25.9. The van der Waals surface area contributed by atoms with Crippen molar-refractivity contribution in [2.75, 3.05) is 32.8 Å². The second kappa shape index (κ2) is 6.39. The smallest absolute Gasteiger partial charge is 0.253 e. The van der Waals surface area contributed by atoms with Gasteiger partial charge in [0.2, 0.25) is 0 Å². The Hall–Kier alpha value is -1.39. The highest BCUT2D eigenvalue weighted by Crippen LogP contribution is 2.24. The topological polar surface area (TPSA) is 32.8 Å². The number of amides is 1. The highest BCUT2D eigenvalue weighted by molar-refractivity contribution is 5.94. The number of rotatable bonds is 2. The predicted octanol–water partition coefficient (Wildman–Crippen LogP) is 2.24. The standard InChI is InChI=1S/C18H26N2O2/c1-4-19-7-8-22-17-5-6-20(12-16(17)19)18(21)15-10-13(2)9-14(3)11-15/h9-11,16-17H,4-8,12H2,1-3H3/t16-,17-/m0/s1. The summed E-state index contributed by atoms with van der Waals surface area (Å²) in [6, 6.07) is 6.45. The van der Waals surface area contributed by atoms with Crippen LogP contribution in [0, 0.1) is 13.8 Å². The first-order chi connectivity index (χ1) is 10.6. The van der Waals surface area contributed by atoms with Gasteiger partial charge in [-0.15, -0.1) is 0 Å². The first-order valence-electron chi connectivity index (χ1n) is 8.31. The Bertz CT molecular complexity index is 532. The number of hydrogen-bond donors (Lipinski definition) is 0. The number of morpholine rings is 1. The van der Waals surface area contributed by atoms with Gasteiger partial charge < -0.3 is 9.64 Å². The van der Waals surface area contributed by atoms with Crippen LogP contribution >= 0.6 is 0 Å². The van der Waals surface area contributed by atoms with Crippen LogP contribution in [0.1, 0.15) is 34.8 Å². The molecule has 1 aromatic rings. The van der Waals surface area contributed by atoms with Crippen LogP contribution in [0.3, 0.4) is 0 Å². The fraction of sp³-hybridized carbons (Fsp3) is 0.611. The number of carbonyl (C=O) groups is 1. The van der Waals surface area contributed by atoms with Crippen molar-refractivity contribution in [3.05, 3.63) is 34.9 Å². The minimum atomic E-state index is 0.159. The molecule has 2 aliphatic heterocycles. The summed E-state index contributed by atoms with van der Waals surface area (Å²) in [5, 5.41) is 0. The summed E-state index contributed by atoms with van der Waals surface area (Å²) in [7, 11) is 0. The molecule has 1 aromatic carbocycles. The van der Waals surface area contributed by atoms with Crippen molar-refractivity contribution in [2.24, 2.45) is 0 Å². The molecular formula is C18H26N2O2. The molecule has 120 valence electrons. The van der Waals surface area contributed by atoms with Crippen molar-refractivity contribution in [1.82, 2.24) is 9.80 Å². The molecule has 1 amide bonds. The van der Waals surface area contributed by atoms with Gasteiger partial charge in [0.05, 0.1) is 18.8 Å². The molecule has 4 heteroatoms. The van der Waals surface area contributed by atoms with Crippen LogP contribution in [0.4, 0.5) is 0 Å². The summed E-state index contributed by atoms with van der Waals surface area (Å²) in [4.78, 5) is 17.3. The fourth-order valence-electron chi connectivity index (χ4n) is 3.80. The Morgan fingerprint density at radius 1 is 1.23 bits per heavy atom. The second-order valence-electron chi connectivity index (χ2n) is 6.52. The lowest BCUT2D eigenvalue weighted by Gasteiger charge is -2.46. The molecular weight excluding hydrogens is 276 g/mol. The molecule has 2 fully saturated rings. The quantitative estimate of drug-likeness (QED) is 0.840. The molecule has 0 radical (unpaired) electrons. The van der Waals surface area contributed by atoms with Crippen molar-refractivity contribution >= 4 is 5.91 Å². The van der Waals surface area contributed by atoms with Crippen molar-refractivity contribution in [3.63, 3.8) is 0 Å². The van der Waals surface area contributed by atoms with Gasteiger partial charge >= 0.3 is 0 Å². The third-order valence-electron chi connectivity index (χ3n) is 4.86. The van der Waals surface area contributed by atoms with Gasteiger partial charge in [-0.2, -0.15) is 0 Å². The summed E-state index contributed by atoms with van der Waals surface area (Å²) >= 11 is 0. The van der Waals surface area contributed by atoms with Gasteiger partial charge in [0, 0.05) is 25.2 Å². The molecule has 0 aromatic heterocycles. The van der Waals surface area contributed by atoms with Gasteiger partial charge in [-0.3, -0.25) is 9.69 Å². The number of ether oxygens (including phenoxy) is 1. The van der Waals surface area contributed by atoms with Gasteiger partial charge in [0.25, 0.3) is 5.91 Å². The molecule has 2 aliphatic rings. The molecule has 0 saturated carbocycles. The van der Waals surface area contributed by atoms with E-state index in [1.54, 1.807) is 0 Å². The predicted molar refractivity (Wildman–Crippen MR) is 87.2 cm³/mol. The lowest BCUT2D eigenvalue weighted by atomic mass is 9.97. The average molecular weight is 302 g/mol. The number of nitrogens with zero attached hydrogens (tertiary/aromatic N) is 2. The average Bonchev–Trinajstić information content (AvgIpc) is 2.52. The number of piperidine rings is 1. The first kappa shape index (κ1) is 15.5. The third kappa shape index (κ3) is 3.03. The van der Waals surface area contributed by atoms with Gasteiger partial charge in [0.15, 0.2) is 0 Å². The van der Waals surface area contributed by atoms with E-state index in [1.807, 2.05) is 30.9 Å². The van der Waals surface area contributed by atoms with Crippen LogP contribution in [0.15, 0.2) is 18.2 Å².